The molecule has 29 heavy (non-hydrogen) atoms. The third kappa shape index (κ3) is 5.13. The Bertz CT molecular complexity index is 897. The van der Waals surface area contributed by atoms with Crippen molar-refractivity contribution in [2.24, 2.45) is 5.92 Å². The number of benzene rings is 2. The van der Waals surface area contributed by atoms with Crippen molar-refractivity contribution in [3.63, 3.8) is 0 Å². The number of nitrogens with zero attached hydrogens (tertiary/aromatic N) is 1. The fourth-order valence-electron chi connectivity index (χ4n) is 3.47. The van der Waals surface area contributed by atoms with Crippen LogP contribution in [0.5, 0.6) is 5.75 Å². The van der Waals surface area contributed by atoms with Crippen molar-refractivity contribution in [2.75, 3.05) is 25.5 Å². The Balaban J connectivity index is 1.65. The van der Waals surface area contributed by atoms with Gasteiger partial charge in [-0.3, -0.25) is 9.59 Å². The van der Waals surface area contributed by atoms with Crippen LogP contribution in [0.2, 0.25) is 0 Å². The van der Waals surface area contributed by atoms with Crippen LogP contribution in [0, 0.1) is 5.92 Å². The molecule has 0 radical (unpaired) electrons. The van der Waals surface area contributed by atoms with Crippen molar-refractivity contribution >= 4 is 23.5 Å². The molecule has 0 bridgehead atoms. The molecular weight excluding hydrogens is 372 g/mol. The van der Waals surface area contributed by atoms with Crippen LogP contribution < -0.4 is 10.1 Å². The maximum Gasteiger partial charge on any atom is 0.337 e. The lowest BCUT2D eigenvalue weighted by atomic mass is 9.96. The molecule has 2 aromatic carbocycles. The third-order valence-electron chi connectivity index (χ3n) is 5.06. The zero-order chi connectivity index (χ0) is 20.8. The summed E-state index contributed by atoms with van der Waals surface area (Å²) >= 11 is 0. The van der Waals surface area contributed by atoms with Crippen molar-refractivity contribution < 1.29 is 24.2 Å². The van der Waals surface area contributed by atoms with E-state index in [2.05, 4.69) is 5.32 Å². The van der Waals surface area contributed by atoms with Gasteiger partial charge in [0, 0.05) is 13.1 Å². The summed E-state index contributed by atoms with van der Waals surface area (Å²) in [6.45, 7) is 0.953. The van der Waals surface area contributed by atoms with E-state index in [-0.39, 0.29) is 29.0 Å². The van der Waals surface area contributed by atoms with E-state index in [9.17, 15) is 19.5 Å². The van der Waals surface area contributed by atoms with Gasteiger partial charge in [-0.05, 0) is 36.6 Å². The Morgan fingerprint density at radius 3 is 2.62 bits per heavy atom. The lowest BCUT2D eigenvalue weighted by Gasteiger charge is -2.32. The van der Waals surface area contributed by atoms with Crippen molar-refractivity contribution in [3.05, 3.63) is 59.7 Å². The molecule has 1 aliphatic heterocycles. The topological polar surface area (TPSA) is 95.9 Å². The lowest BCUT2D eigenvalue weighted by Crippen LogP contribution is -2.44. The molecular formula is C22H24N2O5. The van der Waals surface area contributed by atoms with Crippen molar-refractivity contribution in [3.8, 4) is 5.75 Å². The summed E-state index contributed by atoms with van der Waals surface area (Å²) in [5, 5.41) is 12.1. The van der Waals surface area contributed by atoms with Gasteiger partial charge < -0.3 is 20.1 Å². The third-order valence-corrected chi connectivity index (χ3v) is 5.06. The molecule has 1 fully saturated rings. The molecule has 7 heteroatoms. The van der Waals surface area contributed by atoms with E-state index in [1.54, 1.807) is 11.0 Å². The molecule has 0 saturated carbocycles. The summed E-state index contributed by atoms with van der Waals surface area (Å²) in [4.78, 5) is 38.6. The van der Waals surface area contributed by atoms with Gasteiger partial charge in [-0.1, -0.05) is 30.3 Å². The van der Waals surface area contributed by atoms with E-state index in [1.807, 2.05) is 30.3 Å². The highest BCUT2D eigenvalue weighted by molar-refractivity contribution is 6.01. The quantitative estimate of drug-likeness (QED) is 0.783. The monoisotopic (exact) mass is 396 g/mol. The number of likely N-dealkylation sites (tertiary alicyclic amines) is 1. The molecule has 2 aromatic rings. The highest BCUT2D eigenvalue weighted by Gasteiger charge is 2.29. The predicted molar refractivity (Wildman–Crippen MR) is 108 cm³/mol. The second-order valence-corrected chi connectivity index (χ2v) is 7.05. The van der Waals surface area contributed by atoms with Gasteiger partial charge in [0.1, 0.15) is 5.75 Å². The standard InChI is InChI=1S/C22H24N2O5/c1-29-17-9-10-19(18(13-17)22(27)28)23-21(26)16-8-5-11-24(14-16)20(25)12-15-6-3-2-4-7-15/h2-4,6-7,9-10,13,16H,5,8,11-12,14H2,1H3,(H,23,26)(H,27,28). The fourth-order valence-corrected chi connectivity index (χ4v) is 3.47. The van der Waals surface area contributed by atoms with E-state index in [0.29, 0.717) is 31.7 Å². The Morgan fingerprint density at radius 2 is 1.93 bits per heavy atom. The van der Waals surface area contributed by atoms with E-state index in [0.717, 1.165) is 12.0 Å². The number of carbonyl (C=O) groups is 3. The van der Waals surface area contributed by atoms with Crippen LogP contribution in [0.15, 0.2) is 48.5 Å². The fraction of sp³-hybridized carbons (Fsp3) is 0.318. The van der Waals surface area contributed by atoms with Crippen LogP contribution in [0.3, 0.4) is 0 Å². The predicted octanol–water partition coefficient (Wildman–Crippen LogP) is 2.81. The number of anilines is 1. The average Bonchev–Trinajstić information content (AvgIpc) is 2.74. The first-order valence-electron chi connectivity index (χ1n) is 9.52. The zero-order valence-electron chi connectivity index (χ0n) is 16.3. The smallest absolute Gasteiger partial charge is 0.337 e. The number of hydrogen-bond acceptors (Lipinski definition) is 4. The summed E-state index contributed by atoms with van der Waals surface area (Å²) in [5.41, 5.74) is 1.12. The van der Waals surface area contributed by atoms with Gasteiger partial charge in [0.15, 0.2) is 0 Å². The number of amides is 2. The van der Waals surface area contributed by atoms with Crippen LogP contribution in [-0.4, -0.2) is 48.0 Å². The van der Waals surface area contributed by atoms with Gasteiger partial charge in [-0.15, -0.1) is 0 Å². The van der Waals surface area contributed by atoms with Crippen molar-refractivity contribution in [2.45, 2.75) is 19.3 Å². The Kier molecular flexibility index (Phi) is 6.49. The molecule has 1 heterocycles. The Hall–Kier alpha value is -3.35. The minimum absolute atomic E-state index is 0.00984. The summed E-state index contributed by atoms with van der Waals surface area (Å²) in [7, 11) is 1.45. The van der Waals surface area contributed by atoms with Gasteiger partial charge in [0.05, 0.1) is 30.7 Å². The molecule has 0 spiro atoms. The molecule has 3 rings (SSSR count). The number of nitrogens with one attached hydrogen (secondary N) is 1. The molecule has 1 unspecified atom stereocenters. The molecule has 1 aliphatic rings. The van der Waals surface area contributed by atoms with Crippen molar-refractivity contribution in [1.82, 2.24) is 4.90 Å². The SMILES string of the molecule is COc1ccc(NC(=O)C2CCCN(C(=O)Cc3ccccc3)C2)c(C(=O)O)c1. The molecule has 7 nitrogen and oxygen atoms in total. The number of aromatic carboxylic acids is 1. The normalized spacial score (nSPS) is 16.2. The van der Waals surface area contributed by atoms with Crippen LogP contribution in [-0.2, 0) is 16.0 Å². The first kappa shape index (κ1) is 20.4. The summed E-state index contributed by atoms with van der Waals surface area (Å²) in [6.07, 6.45) is 1.68. The minimum atomic E-state index is -1.15. The molecule has 1 atom stereocenters. The molecule has 2 N–H and O–H groups in total. The number of piperidine rings is 1. The van der Waals surface area contributed by atoms with Crippen LogP contribution in [0.4, 0.5) is 5.69 Å². The number of rotatable bonds is 6. The highest BCUT2D eigenvalue weighted by atomic mass is 16.5. The second-order valence-electron chi connectivity index (χ2n) is 7.05. The molecule has 152 valence electrons. The summed E-state index contributed by atoms with van der Waals surface area (Å²) in [5.74, 6) is -1.43. The van der Waals surface area contributed by atoms with E-state index >= 15 is 0 Å². The zero-order valence-corrected chi connectivity index (χ0v) is 16.3. The van der Waals surface area contributed by atoms with Gasteiger partial charge in [-0.25, -0.2) is 4.79 Å². The summed E-state index contributed by atoms with van der Waals surface area (Å²) in [6, 6.07) is 14.0. The van der Waals surface area contributed by atoms with Gasteiger partial charge in [-0.2, -0.15) is 0 Å². The second kappa shape index (κ2) is 9.23. The minimum Gasteiger partial charge on any atom is -0.497 e. The van der Waals surface area contributed by atoms with Crippen LogP contribution in [0.1, 0.15) is 28.8 Å². The van der Waals surface area contributed by atoms with E-state index < -0.39 is 5.97 Å². The first-order valence-corrected chi connectivity index (χ1v) is 9.52. The number of methoxy groups -OCH3 is 1. The van der Waals surface area contributed by atoms with Crippen LogP contribution in [0.25, 0.3) is 0 Å². The molecule has 1 saturated heterocycles. The Morgan fingerprint density at radius 1 is 1.17 bits per heavy atom. The number of ether oxygens (including phenoxy) is 1. The van der Waals surface area contributed by atoms with Crippen LogP contribution >= 0.6 is 0 Å². The maximum absolute atomic E-state index is 12.8. The number of carbonyl (C=O) groups excluding carboxylic acids is 2. The van der Waals surface area contributed by atoms with Gasteiger partial charge >= 0.3 is 5.97 Å². The largest absolute Gasteiger partial charge is 0.497 e. The number of carboxylic acids is 1. The Labute approximate surface area is 169 Å². The molecule has 2 amide bonds. The molecule has 0 aliphatic carbocycles. The lowest BCUT2D eigenvalue weighted by molar-refractivity contribution is -0.133. The number of carboxylic acid groups (broad SMARTS) is 1. The maximum atomic E-state index is 12.8. The highest BCUT2D eigenvalue weighted by Crippen LogP contribution is 2.25. The number of hydrogen-bond donors (Lipinski definition) is 2. The first-order chi connectivity index (χ1) is 14.0. The van der Waals surface area contributed by atoms with Gasteiger partial charge in [0.2, 0.25) is 11.8 Å². The summed E-state index contributed by atoms with van der Waals surface area (Å²) < 4.78 is 5.05. The van der Waals surface area contributed by atoms with E-state index in [1.165, 1.54) is 19.2 Å². The van der Waals surface area contributed by atoms with Gasteiger partial charge in [0.25, 0.3) is 0 Å². The molecule has 0 aromatic heterocycles. The van der Waals surface area contributed by atoms with Crippen molar-refractivity contribution in [1.29, 1.82) is 0 Å². The van der Waals surface area contributed by atoms with E-state index in [4.69, 9.17) is 4.74 Å². The average molecular weight is 396 g/mol.